The maximum absolute atomic E-state index is 8.88. The molecule has 0 aliphatic heterocycles. The van der Waals surface area contributed by atoms with Gasteiger partial charge < -0.3 is 19.3 Å². The Morgan fingerprint density at radius 3 is 2.05 bits per heavy atom. The molecule has 0 aromatic heterocycles. The highest BCUT2D eigenvalue weighted by atomic mass is 16.6. The second-order valence-electron chi connectivity index (χ2n) is 5.59. The molecule has 0 saturated heterocycles. The lowest BCUT2D eigenvalue weighted by atomic mass is 10.1. The molecule has 0 aliphatic rings. The third-order valence-electron chi connectivity index (χ3n) is 3.25. The first-order chi connectivity index (χ1) is 9.53. The van der Waals surface area contributed by atoms with Crippen LogP contribution in [0.5, 0.6) is 0 Å². The molecule has 4 unspecified atom stereocenters. The summed E-state index contributed by atoms with van der Waals surface area (Å²) < 4.78 is 17.1. The summed E-state index contributed by atoms with van der Waals surface area (Å²) in [6.45, 7) is 11.4. The zero-order valence-corrected chi connectivity index (χ0v) is 13.9. The molecule has 0 heterocycles. The maximum atomic E-state index is 8.88. The maximum Gasteiger partial charge on any atom is 0.0784 e. The Morgan fingerprint density at radius 1 is 0.900 bits per heavy atom. The van der Waals surface area contributed by atoms with Gasteiger partial charge in [-0.2, -0.15) is 0 Å². The van der Waals surface area contributed by atoms with Crippen LogP contribution in [-0.2, 0) is 14.2 Å². The van der Waals surface area contributed by atoms with Gasteiger partial charge in [-0.25, -0.2) is 0 Å². The minimum Gasteiger partial charge on any atom is -0.394 e. The van der Waals surface area contributed by atoms with Crippen molar-refractivity contribution in [1.82, 2.24) is 0 Å². The van der Waals surface area contributed by atoms with E-state index < -0.39 is 0 Å². The molecule has 0 amide bonds. The Labute approximate surface area is 124 Å². The summed E-state index contributed by atoms with van der Waals surface area (Å²) in [4.78, 5) is 0. The van der Waals surface area contributed by atoms with Gasteiger partial charge >= 0.3 is 0 Å². The first-order valence-corrected chi connectivity index (χ1v) is 8.02. The number of aliphatic hydroxyl groups excluding tert-OH is 1. The molecule has 0 spiro atoms. The number of ether oxygens (including phenoxy) is 3. The number of hydrogen-bond donors (Lipinski definition) is 1. The van der Waals surface area contributed by atoms with Crippen molar-refractivity contribution in [2.45, 2.75) is 84.7 Å². The van der Waals surface area contributed by atoms with Gasteiger partial charge in [0.15, 0.2) is 0 Å². The number of unbranched alkanes of at least 4 members (excludes halogenated alkanes) is 1. The number of rotatable bonds is 13. The Kier molecular flexibility index (Phi) is 12.5. The van der Waals surface area contributed by atoms with Gasteiger partial charge in [-0.3, -0.25) is 0 Å². The van der Waals surface area contributed by atoms with Crippen LogP contribution in [0.1, 0.15) is 60.3 Å². The average molecular weight is 290 g/mol. The van der Waals surface area contributed by atoms with Crippen LogP contribution in [0.4, 0.5) is 0 Å². The van der Waals surface area contributed by atoms with Crippen molar-refractivity contribution >= 4 is 0 Å². The normalized spacial score (nSPS) is 17.7. The molecule has 4 nitrogen and oxygen atoms in total. The van der Waals surface area contributed by atoms with Crippen molar-refractivity contribution in [3.05, 3.63) is 0 Å². The van der Waals surface area contributed by atoms with Gasteiger partial charge in [0.2, 0.25) is 0 Å². The molecule has 1 N–H and O–H groups in total. The Hall–Kier alpha value is -0.160. The van der Waals surface area contributed by atoms with Crippen molar-refractivity contribution in [1.29, 1.82) is 0 Å². The van der Waals surface area contributed by atoms with E-state index in [2.05, 4.69) is 20.8 Å². The van der Waals surface area contributed by atoms with E-state index in [0.29, 0.717) is 19.3 Å². The van der Waals surface area contributed by atoms with Crippen molar-refractivity contribution < 1.29 is 19.3 Å². The van der Waals surface area contributed by atoms with Gasteiger partial charge in [-0.1, -0.05) is 26.7 Å². The predicted molar refractivity (Wildman–Crippen MR) is 82.1 cm³/mol. The summed E-state index contributed by atoms with van der Waals surface area (Å²) in [6, 6.07) is 0. The Morgan fingerprint density at radius 2 is 1.50 bits per heavy atom. The molecule has 0 bridgehead atoms. The predicted octanol–water partition coefficient (Wildman–Crippen LogP) is 3.16. The van der Waals surface area contributed by atoms with E-state index in [1.807, 2.05) is 13.8 Å². The second-order valence-corrected chi connectivity index (χ2v) is 5.59. The molecule has 0 aromatic carbocycles. The molecule has 0 rings (SSSR count). The van der Waals surface area contributed by atoms with E-state index in [9.17, 15) is 0 Å². The van der Waals surface area contributed by atoms with Gasteiger partial charge in [0.1, 0.15) is 0 Å². The van der Waals surface area contributed by atoms with Gasteiger partial charge in [0.05, 0.1) is 44.2 Å². The molecule has 4 atom stereocenters. The standard InChI is InChI=1S/C16H34O4/c1-6-8-9-16(7-2)20-15(5)12-19-14(4)11-18-13(3)10-17/h13-17H,6-12H2,1-5H3. The van der Waals surface area contributed by atoms with Crippen molar-refractivity contribution in [3.8, 4) is 0 Å². The van der Waals surface area contributed by atoms with Crippen LogP contribution in [0.2, 0.25) is 0 Å². The van der Waals surface area contributed by atoms with Crippen molar-refractivity contribution in [2.75, 3.05) is 19.8 Å². The average Bonchev–Trinajstić information content (AvgIpc) is 2.46. The molecule has 0 saturated carbocycles. The zero-order chi connectivity index (χ0) is 15.4. The summed E-state index contributed by atoms with van der Waals surface area (Å²) in [7, 11) is 0. The first kappa shape index (κ1) is 19.8. The summed E-state index contributed by atoms with van der Waals surface area (Å²) in [6.07, 6.45) is 4.95. The summed E-state index contributed by atoms with van der Waals surface area (Å²) >= 11 is 0. The number of aliphatic hydroxyl groups is 1. The van der Waals surface area contributed by atoms with E-state index in [1.54, 1.807) is 0 Å². The summed E-state index contributed by atoms with van der Waals surface area (Å²) in [5.41, 5.74) is 0. The fraction of sp³-hybridized carbons (Fsp3) is 1.00. The highest BCUT2D eigenvalue weighted by Gasteiger charge is 2.13. The quantitative estimate of drug-likeness (QED) is 0.566. The van der Waals surface area contributed by atoms with E-state index in [0.717, 1.165) is 12.8 Å². The molecule has 122 valence electrons. The summed E-state index contributed by atoms with van der Waals surface area (Å²) in [5, 5.41) is 8.88. The van der Waals surface area contributed by atoms with Crippen LogP contribution < -0.4 is 0 Å². The van der Waals surface area contributed by atoms with E-state index >= 15 is 0 Å². The topological polar surface area (TPSA) is 47.9 Å². The molecule has 0 fully saturated rings. The Balaban J connectivity index is 3.76. The molecule has 0 aliphatic carbocycles. The van der Waals surface area contributed by atoms with E-state index in [4.69, 9.17) is 19.3 Å². The monoisotopic (exact) mass is 290 g/mol. The van der Waals surface area contributed by atoms with Crippen molar-refractivity contribution in [3.63, 3.8) is 0 Å². The molecular weight excluding hydrogens is 256 g/mol. The Bertz CT molecular complexity index is 211. The zero-order valence-electron chi connectivity index (χ0n) is 13.9. The summed E-state index contributed by atoms with van der Waals surface area (Å²) in [5.74, 6) is 0. The van der Waals surface area contributed by atoms with Crippen LogP contribution in [-0.4, -0.2) is 49.3 Å². The molecule has 20 heavy (non-hydrogen) atoms. The lowest BCUT2D eigenvalue weighted by Crippen LogP contribution is -2.28. The molecule has 0 radical (unpaired) electrons. The van der Waals surface area contributed by atoms with E-state index in [1.165, 1.54) is 12.8 Å². The highest BCUT2D eigenvalue weighted by Crippen LogP contribution is 2.11. The lowest BCUT2D eigenvalue weighted by Gasteiger charge is -2.23. The van der Waals surface area contributed by atoms with Crippen LogP contribution in [0, 0.1) is 0 Å². The van der Waals surface area contributed by atoms with Gasteiger partial charge in [-0.15, -0.1) is 0 Å². The lowest BCUT2D eigenvalue weighted by molar-refractivity contribution is -0.0914. The fourth-order valence-electron chi connectivity index (χ4n) is 1.87. The van der Waals surface area contributed by atoms with Crippen LogP contribution in [0.15, 0.2) is 0 Å². The van der Waals surface area contributed by atoms with Gasteiger partial charge in [0, 0.05) is 0 Å². The fourth-order valence-corrected chi connectivity index (χ4v) is 1.87. The van der Waals surface area contributed by atoms with Gasteiger partial charge in [-0.05, 0) is 33.6 Å². The highest BCUT2D eigenvalue weighted by molar-refractivity contribution is 4.60. The third-order valence-corrected chi connectivity index (χ3v) is 3.25. The van der Waals surface area contributed by atoms with Crippen molar-refractivity contribution in [2.24, 2.45) is 0 Å². The smallest absolute Gasteiger partial charge is 0.0784 e. The third kappa shape index (κ3) is 10.6. The van der Waals surface area contributed by atoms with Crippen LogP contribution >= 0.6 is 0 Å². The largest absolute Gasteiger partial charge is 0.394 e. The molecule has 4 heteroatoms. The van der Waals surface area contributed by atoms with Crippen LogP contribution in [0.3, 0.4) is 0 Å². The minimum absolute atomic E-state index is 0.0192. The van der Waals surface area contributed by atoms with E-state index in [-0.39, 0.29) is 24.9 Å². The molecule has 0 aromatic rings. The van der Waals surface area contributed by atoms with Gasteiger partial charge in [0.25, 0.3) is 0 Å². The second kappa shape index (κ2) is 12.6. The SMILES string of the molecule is CCCCC(CC)OC(C)COC(C)COC(C)CO. The minimum atomic E-state index is -0.131. The van der Waals surface area contributed by atoms with Crippen LogP contribution in [0.25, 0.3) is 0 Å². The first-order valence-electron chi connectivity index (χ1n) is 8.02. The molecular formula is C16H34O4. The number of hydrogen-bond acceptors (Lipinski definition) is 4.